The van der Waals surface area contributed by atoms with E-state index in [-0.39, 0.29) is 6.61 Å². The normalized spacial score (nSPS) is 13.7. The zero-order valence-corrected chi connectivity index (χ0v) is 7.75. The lowest BCUT2D eigenvalue weighted by atomic mass is 9.92. The number of rotatable bonds is 4. The minimum absolute atomic E-state index is 0.274. The number of hydrogen-bond donors (Lipinski definition) is 2. The minimum atomic E-state index is 0.274. The predicted octanol–water partition coefficient (Wildman–Crippen LogP) is 1.82. The minimum Gasteiger partial charge on any atom is -0.396 e. The van der Waals surface area contributed by atoms with Crippen LogP contribution >= 0.6 is 0 Å². The van der Waals surface area contributed by atoms with E-state index in [1.807, 2.05) is 12.3 Å². The zero-order valence-electron chi connectivity index (χ0n) is 7.75. The second-order valence-corrected chi connectivity index (χ2v) is 3.59. The average Bonchev–Trinajstić information content (AvgIpc) is 2.51. The maximum absolute atomic E-state index is 9.08. The van der Waals surface area contributed by atoms with Crippen molar-refractivity contribution in [3.05, 3.63) is 24.0 Å². The molecule has 0 fully saturated rings. The van der Waals surface area contributed by atoms with E-state index in [2.05, 4.69) is 24.9 Å². The molecule has 2 nitrogen and oxygen atoms in total. The Morgan fingerprint density at radius 1 is 1.50 bits per heavy atom. The van der Waals surface area contributed by atoms with E-state index in [1.54, 1.807) is 0 Å². The van der Waals surface area contributed by atoms with Crippen molar-refractivity contribution in [3.8, 4) is 0 Å². The molecule has 1 atom stereocenters. The van der Waals surface area contributed by atoms with Crippen molar-refractivity contribution in [3.63, 3.8) is 0 Å². The van der Waals surface area contributed by atoms with Crippen LogP contribution in [-0.2, 0) is 6.42 Å². The third kappa shape index (κ3) is 2.38. The molecule has 1 rings (SSSR count). The molecule has 1 heterocycles. The van der Waals surface area contributed by atoms with Crippen LogP contribution in [0.2, 0.25) is 0 Å². The molecular weight excluding hydrogens is 150 g/mol. The topological polar surface area (TPSA) is 36.0 Å². The average molecular weight is 167 g/mol. The van der Waals surface area contributed by atoms with E-state index in [0.717, 1.165) is 6.42 Å². The molecule has 0 spiro atoms. The lowest BCUT2D eigenvalue weighted by Crippen LogP contribution is -2.16. The second kappa shape index (κ2) is 4.31. The number of H-pyrrole nitrogens is 1. The molecule has 0 saturated carbocycles. The summed E-state index contributed by atoms with van der Waals surface area (Å²) in [4.78, 5) is 3.15. The van der Waals surface area contributed by atoms with E-state index < -0.39 is 0 Å². The summed E-state index contributed by atoms with van der Waals surface area (Å²) in [5.74, 6) is 0.918. The van der Waals surface area contributed by atoms with Crippen molar-refractivity contribution in [2.24, 2.45) is 11.8 Å². The molecular formula is C10H17NO. The Morgan fingerprint density at radius 3 is 2.67 bits per heavy atom. The van der Waals surface area contributed by atoms with Crippen LogP contribution in [0.3, 0.4) is 0 Å². The van der Waals surface area contributed by atoms with Crippen molar-refractivity contribution in [1.29, 1.82) is 0 Å². The third-order valence-corrected chi connectivity index (χ3v) is 2.32. The van der Waals surface area contributed by atoms with Crippen molar-refractivity contribution in [1.82, 2.24) is 4.98 Å². The van der Waals surface area contributed by atoms with Gasteiger partial charge in [0, 0.05) is 18.5 Å². The monoisotopic (exact) mass is 167 g/mol. The van der Waals surface area contributed by atoms with Crippen LogP contribution in [0, 0.1) is 11.8 Å². The summed E-state index contributed by atoms with van der Waals surface area (Å²) < 4.78 is 0. The molecule has 0 aliphatic carbocycles. The molecule has 0 aromatic carbocycles. The number of nitrogens with one attached hydrogen (secondary N) is 1. The maximum atomic E-state index is 9.08. The van der Waals surface area contributed by atoms with Gasteiger partial charge in [-0.05, 0) is 30.4 Å². The fraction of sp³-hybridized carbons (Fsp3) is 0.600. The summed E-state index contributed by atoms with van der Waals surface area (Å²) in [6.07, 6.45) is 2.87. The molecule has 0 radical (unpaired) electrons. The van der Waals surface area contributed by atoms with Gasteiger partial charge in [-0.1, -0.05) is 13.8 Å². The number of aliphatic hydroxyl groups is 1. The first-order valence-corrected chi connectivity index (χ1v) is 4.47. The van der Waals surface area contributed by atoms with Gasteiger partial charge in [0.15, 0.2) is 0 Å². The maximum Gasteiger partial charge on any atom is 0.0465 e. The standard InChI is InChI=1S/C10H17NO/c1-8(2)9(7-12)6-10-4-3-5-11-10/h3-5,8-9,11-12H,6-7H2,1-2H3. The highest BCUT2D eigenvalue weighted by Gasteiger charge is 2.12. The van der Waals surface area contributed by atoms with Gasteiger partial charge in [-0.2, -0.15) is 0 Å². The van der Waals surface area contributed by atoms with Crippen LogP contribution in [0.15, 0.2) is 18.3 Å². The van der Waals surface area contributed by atoms with Gasteiger partial charge in [-0.15, -0.1) is 0 Å². The molecule has 2 heteroatoms. The van der Waals surface area contributed by atoms with Crippen LogP contribution in [0.4, 0.5) is 0 Å². The van der Waals surface area contributed by atoms with Crippen molar-refractivity contribution in [2.75, 3.05) is 6.61 Å². The Hall–Kier alpha value is -0.760. The highest BCUT2D eigenvalue weighted by molar-refractivity contribution is 5.04. The first-order valence-electron chi connectivity index (χ1n) is 4.47. The number of aromatic amines is 1. The number of hydrogen-bond acceptors (Lipinski definition) is 1. The summed E-state index contributed by atoms with van der Waals surface area (Å²) in [7, 11) is 0. The van der Waals surface area contributed by atoms with E-state index >= 15 is 0 Å². The van der Waals surface area contributed by atoms with Gasteiger partial charge < -0.3 is 10.1 Å². The SMILES string of the molecule is CC(C)C(CO)Cc1ccc[nH]1. The van der Waals surface area contributed by atoms with Crippen LogP contribution in [0.1, 0.15) is 19.5 Å². The third-order valence-electron chi connectivity index (χ3n) is 2.32. The van der Waals surface area contributed by atoms with Gasteiger partial charge in [-0.3, -0.25) is 0 Å². The van der Waals surface area contributed by atoms with Gasteiger partial charge in [0.05, 0.1) is 0 Å². The molecule has 12 heavy (non-hydrogen) atoms. The molecule has 0 bridgehead atoms. The highest BCUT2D eigenvalue weighted by Crippen LogP contribution is 2.15. The Bertz CT molecular complexity index is 204. The van der Waals surface area contributed by atoms with Crippen LogP contribution in [0.25, 0.3) is 0 Å². The molecule has 1 aromatic heterocycles. The number of aromatic nitrogens is 1. The molecule has 2 N–H and O–H groups in total. The van der Waals surface area contributed by atoms with E-state index in [1.165, 1.54) is 5.69 Å². The largest absolute Gasteiger partial charge is 0.396 e. The fourth-order valence-electron chi connectivity index (χ4n) is 1.29. The molecule has 0 aliphatic rings. The predicted molar refractivity (Wildman–Crippen MR) is 49.9 cm³/mol. The lowest BCUT2D eigenvalue weighted by Gasteiger charge is -2.16. The van der Waals surface area contributed by atoms with E-state index in [9.17, 15) is 0 Å². The van der Waals surface area contributed by atoms with Gasteiger partial charge in [0.1, 0.15) is 0 Å². The van der Waals surface area contributed by atoms with E-state index in [4.69, 9.17) is 5.11 Å². The first kappa shape index (κ1) is 9.33. The highest BCUT2D eigenvalue weighted by atomic mass is 16.3. The molecule has 0 saturated heterocycles. The summed E-state index contributed by atoms with van der Waals surface area (Å²) in [6, 6.07) is 4.05. The fourth-order valence-corrected chi connectivity index (χ4v) is 1.29. The van der Waals surface area contributed by atoms with Crippen LogP contribution in [0.5, 0.6) is 0 Å². The molecule has 68 valence electrons. The second-order valence-electron chi connectivity index (χ2n) is 3.59. The smallest absolute Gasteiger partial charge is 0.0465 e. The van der Waals surface area contributed by atoms with Gasteiger partial charge in [-0.25, -0.2) is 0 Å². The summed E-state index contributed by atoms with van der Waals surface area (Å²) in [5, 5.41) is 9.08. The lowest BCUT2D eigenvalue weighted by molar-refractivity contribution is 0.188. The van der Waals surface area contributed by atoms with Crippen molar-refractivity contribution < 1.29 is 5.11 Å². The molecule has 1 aromatic rings. The van der Waals surface area contributed by atoms with Gasteiger partial charge in [0.25, 0.3) is 0 Å². The Morgan fingerprint density at radius 2 is 2.25 bits per heavy atom. The van der Waals surface area contributed by atoms with Crippen LogP contribution < -0.4 is 0 Å². The van der Waals surface area contributed by atoms with Gasteiger partial charge in [0.2, 0.25) is 0 Å². The Kier molecular flexibility index (Phi) is 3.35. The molecule has 1 unspecified atom stereocenters. The van der Waals surface area contributed by atoms with Crippen LogP contribution in [-0.4, -0.2) is 16.7 Å². The van der Waals surface area contributed by atoms with Gasteiger partial charge >= 0.3 is 0 Å². The number of aliphatic hydroxyl groups excluding tert-OH is 1. The Balaban J connectivity index is 2.48. The molecule has 0 amide bonds. The quantitative estimate of drug-likeness (QED) is 0.705. The molecule has 0 aliphatic heterocycles. The van der Waals surface area contributed by atoms with Crippen molar-refractivity contribution >= 4 is 0 Å². The van der Waals surface area contributed by atoms with Crippen molar-refractivity contribution in [2.45, 2.75) is 20.3 Å². The summed E-state index contributed by atoms with van der Waals surface area (Å²) in [6.45, 7) is 4.56. The summed E-state index contributed by atoms with van der Waals surface area (Å²) >= 11 is 0. The Labute approximate surface area is 73.6 Å². The first-order chi connectivity index (χ1) is 5.74. The van der Waals surface area contributed by atoms with E-state index in [0.29, 0.717) is 11.8 Å². The summed E-state index contributed by atoms with van der Waals surface area (Å²) in [5.41, 5.74) is 1.21. The zero-order chi connectivity index (χ0) is 8.97.